The summed E-state index contributed by atoms with van der Waals surface area (Å²) in [7, 11) is 3.44. The number of amides is 2. The van der Waals surface area contributed by atoms with Gasteiger partial charge in [0, 0.05) is 31.1 Å². The number of nitrogens with one attached hydrogen (secondary N) is 2. The van der Waals surface area contributed by atoms with Gasteiger partial charge >= 0.3 is 0 Å². The SMILES string of the molecule is COc1ccc(C(NC(=O)CNC(=O)c2cc(-c3ccccc3)on2)c2nccn2C)cc1. The van der Waals surface area contributed by atoms with Gasteiger partial charge in [0.2, 0.25) is 5.91 Å². The highest BCUT2D eigenvalue weighted by molar-refractivity contribution is 5.95. The van der Waals surface area contributed by atoms with E-state index in [9.17, 15) is 9.59 Å². The van der Waals surface area contributed by atoms with Gasteiger partial charge in [0.25, 0.3) is 5.91 Å². The van der Waals surface area contributed by atoms with E-state index < -0.39 is 11.9 Å². The first-order chi connectivity index (χ1) is 16.0. The Morgan fingerprint density at radius 1 is 1.12 bits per heavy atom. The Kier molecular flexibility index (Phi) is 6.49. The van der Waals surface area contributed by atoms with Gasteiger partial charge in [0.15, 0.2) is 11.5 Å². The number of aromatic nitrogens is 3. The first-order valence-electron chi connectivity index (χ1n) is 10.3. The predicted molar refractivity (Wildman–Crippen MR) is 120 cm³/mol. The highest BCUT2D eigenvalue weighted by Gasteiger charge is 2.22. The molecule has 2 amide bonds. The van der Waals surface area contributed by atoms with Crippen molar-refractivity contribution in [1.82, 2.24) is 25.3 Å². The smallest absolute Gasteiger partial charge is 0.273 e. The number of nitrogens with zero attached hydrogens (tertiary/aromatic N) is 3. The highest BCUT2D eigenvalue weighted by Crippen LogP contribution is 2.23. The summed E-state index contributed by atoms with van der Waals surface area (Å²) in [5, 5.41) is 9.31. The first kappa shape index (κ1) is 21.8. The lowest BCUT2D eigenvalue weighted by atomic mass is 10.1. The van der Waals surface area contributed by atoms with E-state index in [1.807, 2.05) is 66.2 Å². The van der Waals surface area contributed by atoms with Crippen LogP contribution in [-0.4, -0.2) is 40.2 Å². The summed E-state index contributed by atoms with van der Waals surface area (Å²) in [6.07, 6.45) is 3.46. The zero-order chi connectivity index (χ0) is 23.2. The second kappa shape index (κ2) is 9.82. The molecule has 0 aliphatic carbocycles. The van der Waals surface area contributed by atoms with Crippen molar-refractivity contribution in [3.05, 3.63) is 90.1 Å². The molecule has 0 aliphatic heterocycles. The van der Waals surface area contributed by atoms with Crippen molar-refractivity contribution in [2.24, 2.45) is 7.05 Å². The molecular formula is C24H23N5O4. The van der Waals surface area contributed by atoms with E-state index in [0.717, 1.165) is 11.1 Å². The summed E-state index contributed by atoms with van der Waals surface area (Å²) in [6, 6.07) is 17.7. The molecule has 2 heterocycles. The second-order valence-electron chi connectivity index (χ2n) is 7.30. The Morgan fingerprint density at radius 3 is 2.55 bits per heavy atom. The van der Waals surface area contributed by atoms with Crippen molar-refractivity contribution in [2.45, 2.75) is 6.04 Å². The fraction of sp³-hybridized carbons (Fsp3) is 0.167. The number of hydrogen-bond acceptors (Lipinski definition) is 6. The molecular weight excluding hydrogens is 422 g/mol. The van der Waals surface area contributed by atoms with Gasteiger partial charge in [-0.25, -0.2) is 4.98 Å². The number of rotatable bonds is 8. The minimum absolute atomic E-state index is 0.0949. The number of aryl methyl sites for hydroxylation is 1. The number of hydrogen-bond donors (Lipinski definition) is 2. The van der Waals surface area contributed by atoms with Crippen molar-refractivity contribution in [3.63, 3.8) is 0 Å². The molecule has 4 rings (SSSR count). The molecule has 0 aliphatic rings. The van der Waals surface area contributed by atoms with Crippen LogP contribution in [0.2, 0.25) is 0 Å². The predicted octanol–water partition coefficient (Wildman–Crippen LogP) is 2.72. The van der Waals surface area contributed by atoms with Crippen molar-refractivity contribution < 1.29 is 18.8 Å². The Morgan fingerprint density at radius 2 is 1.88 bits per heavy atom. The van der Waals surface area contributed by atoms with Gasteiger partial charge in [0.1, 0.15) is 17.6 Å². The van der Waals surface area contributed by atoms with Crippen LogP contribution in [0.3, 0.4) is 0 Å². The Hall–Kier alpha value is -4.40. The van der Waals surface area contributed by atoms with Crippen LogP contribution in [0.15, 0.2) is 77.6 Å². The van der Waals surface area contributed by atoms with Crippen LogP contribution in [0.25, 0.3) is 11.3 Å². The van der Waals surface area contributed by atoms with E-state index in [-0.39, 0.29) is 18.1 Å². The molecule has 33 heavy (non-hydrogen) atoms. The molecule has 0 spiro atoms. The molecule has 0 bridgehead atoms. The number of methoxy groups -OCH3 is 1. The van der Waals surface area contributed by atoms with Crippen LogP contribution >= 0.6 is 0 Å². The van der Waals surface area contributed by atoms with E-state index in [1.54, 1.807) is 19.5 Å². The maximum atomic E-state index is 12.7. The van der Waals surface area contributed by atoms with E-state index >= 15 is 0 Å². The van der Waals surface area contributed by atoms with Crippen molar-refractivity contribution in [3.8, 4) is 17.1 Å². The van der Waals surface area contributed by atoms with Crippen LogP contribution in [-0.2, 0) is 11.8 Å². The highest BCUT2D eigenvalue weighted by atomic mass is 16.5. The van der Waals surface area contributed by atoms with E-state index in [1.165, 1.54) is 6.07 Å². The number of benzene rings is 2. The maximum absolute atomic E-state index is 12.7. The molecule has 1 atom stereocenters. The Bertz CT molecular complexity index is 1230. The maximum Gasteiger partial charge on any atom is 0.273 e. The van der Waals surface area contributed by atoms with Gasteiger partial charge in [-0.1, -0.05) is 47.6 Å². The molecule has 0 fully saturated rings. The van der Waals surface area contributed by atoms with Gasteiger partial charge in [-0.3, -0.25) is 9.59 Å². The largest absolute Gasteiger partial charge is 0.497 e. The minimum atomic E-state index is -0.505. The van der Waals surface area contributed by atoms with Gasteiger partial charge in [-0.05, 0) is 17.7 Å². The number of ether oxygens (including phenoxy) is 1. The van der Waals surface area contributed by atoms with Crippen molar-refractivity contribution >= 4 is 11.8 Å². The fourth-order valence-electron chi connectivity index (χ4n) is 3.33. The van der Waals surface area contributed by atoms with Crippen LogP contribution < -0.4 is 15.4 Å². The molecule has 9 heteroatoms. The van der Waals surface area contributed by atoms with Crippen LogP contribution in [0, 0.1) is 0 Å². The first-order valence-corrected chi connectivity index (χ1v) is 10.3. The summed E-state index contributed by atoms with van der Waals surface area (Å²) in [5.74, 6) is 0.954. The third kappa shape index (κ3) is 5.09. The molecule has 0 saturated carbocycles. The summed E-state index contributed by atoms with van der Waals surface area (Å²) >= 11 is 0. The zero-order valence-electron chi connectivity index (χ0n) is 18.2. The summed E-state index contributed by atoms with van der Waals surface area (Å²) < 4.78 is 12.3. The monoisotopic (exact) mass is 445 g/mol. The van der Waals surface area contributed by atoms with Gasteiger partial charge in [0.05, 0.1) is 13.7 Å². The van der Waals surface area contributed by atoms with Crippen LogP contribution in [0.1, 0.15) is 27.9 Å². The lowest BCUT2D eigenvalue weighted by Gasteiger charge is -2.19. The number of carbonyl (C=O) groups excluding carboxylic acids is 2. The van der Waals surface area contributed by atoms with Crippen LogP contribution in [0.5, 0.6) is 5.75 Å². The summed E-state index contributed by atoms with van der Waals surface area (Å²) in [4.78, 5) is 29.5. The standard InChI is InChI=1S/C24H23N5O4/c1-29-13-12-25-23(29)22(17-8-10-18(32-2)11-9-17)27-21(30)15-26-24(31)19-14-20(33-28-19)16-6-4-3-5-7-16/h3-14,22H,15H2,1-2H3,(H,26,31)(H,27,30). The molecule has 2 N–H and O–H groups in total. The molecule has 2 aromatic carbocycles. The molecule has 9 nitrogen and oxygen atoms in total. The quantitative estimate of drug-likeness (QED) is 0.431. The molecule has 1 unspecified atom stereocenters. The normalized spacial score (nSPS) is 11.6. The molecule has 168 valence electrons. The number of imidazole rings is 1. The van der Waals surface area contributed by atoms with Gasteiger partial charge < -0.3 is 24.5 Å². The molecule has 0 saturated heterocycles. The van der Waals surface area contributed by atoms with Gasteiger partial charge in [-0.2, -0.15) is 0 Å². The van der Waals surface area contributed by atoms with Crippen LogP contribution in [0.4, 0.5) is 0 Å². The Balaban J connectivity index is 1.42. The lowest BCUT2D eigenvalue weighted by Crippen LogP contribution is -2.39. The molecule has 2 aromatic heterocycles. The average Bonchev–Trinajstić information content (AvgIpc) is 3.51. The van der Waals surface area contributed by atoms with Crippen molar-refractivity contribution in [2.75, 3.05) is 13.7 Å². The average molecular weight is 445 g/mol. The summed E-state index contributed by atoms with van der Waals surface area (Å²) in [5.41, 5.74) is 1.73. The number of carbonyl (C=O) groups is 2. The molecule has 0 radical (unpaired) electrons. The van der Waals surface area contributed by atoms with Gasteiger partial charge in [-0.15, -0.1) is 0 Å². The Labute approximate surface area is 190 Å². The third-order valence-electron chi connectivity index (χ3n) is 5.08. The van der Waals surface area contributed by atoms with E-state index in [0.29, 0.717) is 17.3 Å². The topological polar surface area (TPSA) is 111 Å². The van der Waals surface area contributed by atoms with Crippen molar-refractivity contribution in [1.29, 1.82) is 0 Å². The third-order valence-corrected chi connectivity index (χ3v) is 5.08. The minimum Gasteiger partial charge on any atom is -0.497 e. The van der Waals surface area contributed by atoms with E-state index in [2.05, 4.69) is 20.8 Å². The van der Waals surface area contributed by atoms with E-state index in [4.69, 9.17) is 9.26 Å². The summed E-state index contributed by atoms with van der Waals surface area (Å²) in [6.45, 7) is -0.233. The fourth-order valence-corrected chi connectivity index (χ4v) is 3.33. The second-order valence-corrected chi connectivity index (χ2v) is 7.30. The lowest BCUT2D eigenvalue weighted by molar-refractivity contribution is -0.120. The molecule has 4 aromatic rings. The zero-order valence-corrected chi connectivity index (χ0v) is 18.2.